The Bertz CT molecular complexity index is 784. The molecule has 0 aliphatic carbocycles. The molecule has 1 aliphatic rings. The van der Waals surface area contributed by atoms with Crippen molar-refractivity contribution >= 4 is 17.7 Å². The second-order valence-electron chi connectivity index (χ2n) is 8.46. The van der Waals surface area contributed by atoms with Crippen molar-refractivity contribution in [3.8, 4) is 6.07 Å². The maximum absolute atomic E-state index is 12.6. The molecule has 0 unspecified atom stereocenters. The zero-order valence-corrected chi connectivity index (χ0v) is 17.6. The van der Waals surface area contributed by atoms with E-state index in [1.54, 1.807) is 36.2 Å². The Labute approximate surface area is 172 Å². The van der Waals surface area contributed by atoms with Gasteiger partial charge in [-0.25, -0.2) is 0 Å². The van der Waals surface area contributed by atoms with E-state index in [1.807, 2.05) is 26.8 Å². The predicted molar refractivity (Wildman–Crippen MR) is 108 cm³/mol. The monoisotopic (exact) mass is 400 g/mol. The second-order valence-corrected chi connectivity index (χ2v) is 8.46. The smallest absolute Gasteiger partial charge is 0.275 e. The van der Waals surface area contributed by atoms with Gasteiger partial charge in [0, 0.05) is 18.2 Å². The van der Waals surface area contributed by atoms with E-state index in [4.69, 9.17) is 5.26 Å². The van der Waals surface area contributed by atoms with Gasteiger partial charge in [-0.2, -0.15) is 5.26 Å². The minimum absolute atomic E-state index is 0.00131. The third-order valence-electron chi connectivity index (χ3n) is 4.73. The molecule has 1 aromatic rings. The Hall–Kier alpha value is -2.92. The minimum atomic E-state index is -0.258. The molecule has 0 radical (unpaired) electrons. The molecule has 3 amide bonds. The van der Waals surface area contributed by atoms with Gasteiger partial charge in [0.1, 0.15) is 0 Å². The van der Waals surface area contributed by atoms with E-state index < -0.39 is 0 Å². The average Bonchev–Trinajstić information content (AvgIpc) is 2.66. The molecule has 1 fully saturated rings. The molecule has 0 bridgehead atoms. The number of nitrogens with one attached hydrogen (secondary N) is 2. The van der Waals surface area contributed by atoms with Crippen LogP contribution in [0.5, 0.6) is 0 Å². The summed E-state index contributed by atoms with van der Waals surface area (Å²) in [6.07, 6.45) is 0. The van der Waals surface area contributed by atoms with Crippen molar-refractivity contribution < 1.29 is 19.3 Å². The normalized spacial score (nSPS) is 14.8. The Morgan fingerprint density at radius 1 is 1.17 bits per heavy atom. The molecule has 0 spiro atoms. The first-order valence-electron chi connectivity index (χ1n) is 9.77. The first kappa shape index (κ1) is 22.4. The van der Waals surface area contributed by atoms with Crippen LogP contribution in [-0.2, 0) is 9.59 Å². The van der Waals surface area contributed by atoms with Gasteiger partial charge in [-0.3, -0.25) is 14.4 Å². The zero-order valence-electron chi connectivity index (χ0n) is 17.6. The summed E-state index contributed by atoms with van der Waals surface area (Å²) in [4.78, 5) is 41.4. The molecular weight excluding hydrogens is 370 g/mol. The van der Waals surface area contributed by atoms with Crippen LogP contribution in [0.1, 0.15) is 36.7 Å². The van der Waals surface area contributed by atoms with Crippen molar-refractivity contribution in [2.24, 2.45) is 0 Å². The number of carbonyl (C=O) groups is 3. The van der Waals surface area contributed by atoms with Crippen molar-refractivity contribution in [3.63, 3.8) is 0 Å². The van der Waals surface area contributed by atoms with Gasteiger partial charge in [0.05, 0.1) is 44.4 Å². The summed E-state index contributed by atoms with van der Waals surface area (Å²) in [6.45, 7) is 8.79. The van der Waals surface area contributed by atoms with Gasteiger partial charge in [0.2, 0.25) is 5.91 Å². The van der Waals surface area contributed by atoms with Crippen LogP contribution in [0.15, 0.2) is 24.3 Å². The molecule has 0 aromatic heterocycles. The third kappa shape index (κ3) is 6.88. The van der Waals surface area contributed by atoms with Crippen LogP contribution in [0, 0.1) is 11.3 Å². The number of nitriles is 1. The van der Waals surface area contributed by atoms with Crippen molar-refractivity contribution in [3.05, 3.63) is 35.4 Å². The summed E-state index contributed by atoms with van der Waals surface area (Å²) >= 11 is 0. The molecule has 2 rings (SSSR count). The number of likely N-dealkylation sites (N-methyl/N-ethyl adjacent to an activating group) is 1. The fourth-order valence-electron chi connectivity index (χ4n) is 3.22. The van der Waals surface area contributed by atoms with Gasteiger partial charge >= 0.3 is 0 Å². The van der Waals surface area contributed by atoms with E-state index in [-0.39, 0.29) is 29.8 Å². The first-order chi connectivity index (χ1) is 13.6. The van der Waals surface area contributed by atoms with Crippen molar-refractivity contribution in [2.45, 2.75) is 26.3 Å². The summed E-state index contributed by atoms with van der Waals surface area (Å²) in [7, 11) is 1.59. The van der Waals surface area contributed by atoms with Crippen LogP contribution in [-0.4, -0.2) is 79.4 Å². The Morgan fingerprint density at radius 2 is 1.76 bits per heavy atom. The average molecular weight is 401 g/mol. The molecule has 1 heterocycles. The van der Waals surface area contributed by atoms with Crippen molar-refractivity contribution in [1.82, 2.24) is 15.1 Å². The van der Waals surface area contributed by atoms with Gasteiger partial charge < -0.3 is 20.0 Å². The van der Waals surface area contributed by atoms with Gasteiger partial charge in [-0.1, -0.05) is 0 Å². The molecule has 1 aliphatic heterocycles. The van der Waals surface area contributed by atoms with Crippen molar-refractivity contribution in [1.29, 1.82) is 5.26 Å². The fourth-order valence-corrected chi connectivity index (χ4v) is 3.22. The molecular formula is C21H30N5O3+. The standard InChI is InChI=1S/C21H29N5O3/c1-21(2,3)23-18(27)14-25-9-11-26(12-10-25)19(28)15-24(4)20(29)17-7-5-16(13-22)6-8-17/h5-8H,9-12,14-15H2,1-4H3,(H,23,27)/p+1. The largest absolute Gasteiger partial charge is 0.347 e. The lowest BCUT2D eigenvalue weighted by Gasteiger charge is -2.33. The Balaban J connectivity index is 1.80. The lowest BCUT2D eigenvalue weighted by molar-refractivity contribution is -0.896. The van der Waals surface area contributed by atoms with Gasteiger partial charge in [0.25, 0.3) is 11.8 Å². The maximum atomic E-state index is 12.6. The van der Waals surface area contributed by atoms with Crippen LogP contribution >= 0.6 is 0 Å². The summed E-state index contributed by atoms with van der Waals surface area (Å²) in [5, 5.41) is 11.8. The number of amides is 3. The molecule has 1 aromatic carbocycles. The van der Waals surface area contributed by atoms with E-state index >= 15 is 0 Å². The third-order valence-corrected chi connectivity index (χ3v) is 4.73. The fraction of sp³-hybridized carbons (Fsp3) is 0.524. The van der Waals surface area contributed by atoms with E-state index in [2.05, 4.69) is 5.32 Å². The number of rotatable bonds is 5. The van der Waals surface area contributed by atoms with Crippen molar-refractivity contribution in [2.75, 3.05) is 46.3 Å². The molecule has 1 saturated heterocycles. The molecule has 8 nitrogen and oxygen atoms in total. The highest BCUT2D eigenvalue weighted by atomic mass is 16.2. The van der Waals surface area contributed by atoms with Gasteiger partial charge in [-0.15, -0.1) is 0 Å². The highest BCUT2D eigenvalue weighted by Gasteiger charge is 2.27. The molecule has 8 heteroatoms. The maximum Gasteiger partial charge on any atom is 0.275 e. The number of hydrogen-bond acceptors (Lipinski definition) is 4. The van der Waals surface area contributed by atoms with Crippen LogP contribution in [0.2, 0.25) is 0 Å². The molecule has 0 saturated carbocycles. The number of nitrogens with zero attached hydrogens (tertiary/aromatic N) is 3. The number of benzene rings is 1. The second kappa shape index (κ2) is 9.52. The lowest BCUT2D eigenvalue weighted by atomic mass is 10.1. The minimum Gasteiger partial charge on any atom is -0.347 e. The van der Waals surface area contributed by atoms with Crippen LogP contribution in [0.25, 0.3) is 0 Å². The number of hydrogen-bond donors (Lipinski definition) is 2. The highest BCUT2D eigenvalue weighted by molar-refractivity contribution is 5.96. The number of piperazine rings is 1. The van der Waals surface area contributed by atoms with Crippen LogP contribution < -0.4 is 10.2 Å². The topological polar surface area (TPSA) is 97.9 Å². The van der Waals surface area contributed by atoms with Gasteiger partial charge in [0.15, 0.2) is 6.54 Å². The van der Waals surface area contributed by atoms with E-state index in [1.165, 1.54) is 4.90 Å². The van der Waals surface area contributed by atoms with E-state index in [0.717, 1.165) is 4.90 Å². The summed E-state index contributed by atoms with van der Waals surface area (Å²) in [6, 6.07) is 8.36. The molecule has 29 heavy (non-hydrogen) atoms. The Morgan fingerprint density at radius 3 is 2.28 bits per heavy atom. The first-order valence-corrected chi connectivity index (χ1v) is 9.77. The SMILES string of the molecule is CN(CC(=O)N1CC[NH+](CC(=O)NC(C)(C)C)CC1)C(=O)c1ccc(C#N)cc1. The molecule has 2 N–H and O–H groups in total. The quantitative estimate of drug-likeness (QED) is 0.681. The summed E-state index contributed by atoms with van der Waals surface area (Å²) < 4.78 is 0. The van der Waals surface area contributed by atoms with E-state index in [0.29, 0.717) is 43.9 Å². The molecule has 156 valence electrons. The molecule has 0 atom stereocenters. The summed E-state index contributed by atoms with van der Waals surface area (Å²) in [5.74, 6) is -0.348. The zero-order chi connectivity index (χ0) is 21.6. The van der Waals surface area contributed by atoms with Crippen LogP contribution in [0.3, 0.4) is 0 Å². The predicted octanol–water partition coefficient (Wildman–Crippen LogP) is -0.728. The van der Waals surface area contributed by atoms with Gasteiger partial charge in [-0.05, 0) is 45.0 Å². The number of quaternary nitrogens is 1. The lowest BCUT2D eigenvalue weighted by Crippen LogP contribution is -3.16. The Kier molecular flexibility index (Phi) is 7.35. The number of carbonyl (C=O) groups excluding carboxylic acids is 3. The van der Waals surface area contributed by atoms with E-state index in [9.17, 15) is 14.4 Å². The van der Waals surface area contributed by atoms with Crippen LogP contribution in [0.4, 0.5) is 0 Å². The highest BCUT2D eigenvalue weighted by Crippen LogP contribution is 2.07. The summed E-state index contributed by atoms with van der Waals surface area (Å²) in [5.41, 5.74) is 0.677.